The van der Waals surface area contributed by atoms with E-state index in [4.69, 9.17) is 0 Å². The quantitative estimate of drug-likeness (QED) is 0.886. The van der Waals surface area contributed by atoms with Crippen LogP contribution in [0, 0.1) is 5.92 Å². The molecule has 1 N–H and O–H groups in total. The van der Waals surface area contributed by atoms with Crippen LogP contribution in [0.25, 0.3) is 0 Å². The Morgan fingerprint density at radius 2 is 2.17 bits per heavy atom. The van der Waals surface area contributed by atoms with Crippen molar-refractivity contribution in [1.82, 2.24) is 15.1 Å². The third kappa shape index (κ3) is 1.87. The molecule has 1 aliphatic heterocycles. The van der Waals surface area contributed by atoms with Gasteiger partial charge in [-0.25, -0.2) is 9.69 Å². The predicted octanol–water partition coefficient (Wildman–Crippen LogP) is 1.61. The van der Waals surface area contributed by atoms with Crippen LogP contribution in [0.2, 0.25) is 0 Å². The number of rotatable bonds is 3. The van der Waals surface area contributed by atoms with E-state index in [-0.39, 0.29) is 23.9 Å². The van der Waals surface area contributed by atoms with Crippen LogP contribution in [0.4, 0.5) is 10.6 Å². The Hall–Kier alpha value is -1.85. The van der Waals surface area contributed by atoms with Crippen LogP contribution in [0.3, 0.4) is 0 Å². The maximum atomic E-state index is 12.4. The summed E-state index contributed by atoms with van der Waals surface area (Å²) in [4.78, 5) is 27.3. The number of aromatic nitrogens is 2. The second kappa shape index (κ2) is 4.80. The lowest BCUT2D eigenvalue weighted by Crippen LogP contribution is -2.59. The van der Waals surface area contributed by atoms with E-state index in [1.165, 1.54) is 0 Å². The van der Waals surface area contributed by atoms with Crippen LogP contribution in [-0.4, -0.2) is 40.1 Å². The number of imide groups is 1. The normalized spacial score (nSPS) is 24.8. The average Bonchev–Trinajstić information content (AvgIpc) is 2.86. The molecule has 6 nitrogen and oxygen atoms in total. The minimum atomic E-state index is -0.313. The molecule has 2 atom stereocenters. The number of urea groups is 1. The van der Waals surface area contributed by atoms with Gasteiger partial charge in [-0.05, 0) is 13.3 Å². The molecule has 1 saturated heterocycles. The number of H-pyrrole nitrogens is 1. The topological polar surface area (TPSA) is 69.3 Å². The van der Waals surface area contributed by atoms with E-state index in [0.717, 1.165) is 17.7 Å². The fraction of sp³-hybridized carbons (Fsp3) is 0.583. The van der Waals surface area contributed by atoms with Gasteiger partial charge in [0.1, 0.15) is 0 Å². The van der Waals surface area contributed by atoms with Crippen LogP contribution >= 0.6 is 0 Å². The number of carbonyl (C=O) groups excluding carboxylic acids is 2. The first-order valence-corrected chi connectivity index (χ1v) is 6.18. The maximum absolute atomic E-state index is 12.4. The lowest BCUT2D eigenvalue weighted by molar-refractivity contribution is -0.125. The van der Waals surface area contributed by atoms with Gasteiger partial charge in [0.2, 0.25) is 5.91 Å². The van der Waals surface area contributed by atoms with Gasteiger partial charge in [0.15, 0.2) is 5.82 Å². The molecule has 18 heavy (non-hydrogen) atoms. The van der Waals surface area contributed by atoms with E-state index in [0.29, 0.717) is 5.82 Å². The second-order valence-corrected chi connectivity index (χ2v) is 4.64. The van der Waals surface area contributed by atoms with Crippen LogP contribution in [0.5, 0.6) is 0 Å². The molecule has 98 valence electrons. The lowest BCUT2D eigenvalue weighted by atomic mass is 9.91. The Morgan fingerprint density at radius 3 is 2.72 bits per heavy atom. The molecule has 1 fully saturated rings. The summed E-state index contributed by atoms with van der Waals surface area (Å²) in [6.45, 7) is 3.95. The Labute approximate surface area is 106 Å². The summed E-state index contributed by atoms with van der Waals surface area (Å²) in [7, 11) is 1.72. The standard InChI is InChI=1S/C12H18N4O2/c1-4-5-9-8(2)15(3)12(18)16(11(9)17)10-6-7-13-14-10/h6-9H,4-5H2,1-3H3,(H,13,14). The number of amides is 3. The minimum Gasteiger partial charge on any atom is -0.323 e. The molecule has 0 aromatic carbocycles. The molecule has 2 heterocycles. The highest BCUT2D eigenvalue weighted by atomic mass is 16.2. The molecule has 1 aliphatic rings. The van der Waals surface area contributed by atoms with Gasteiger partial charge in [-0.3, -0.25) is 9.89 Å². The van der Waals surface area contributed by atoms with E-state index in [2.05, 4.69) is 10.2 Å². The third-order valence-electron chi connectivity index (χ3n) is 3.54. The molecular weight excluding hydrogens is 232 g/mol. The molecule has 6 heteroatoms. The number of nitrogens with zero attached hydrogens (tertiary/aromatic N) is 3. The lowest BCUT2D eigenvalue weighted by Gasteiger charge is -2.40. The van der Waals surface area contributed by atoms with Crippen molar-refractivity contribution in [3.63, 3.8) is 0 Å². The van der Waals surface area contributed by atoms with E-state index < -0.39 is 0 Å². The van der Waals surface area contributed by atoms with Crippen molar-refractivity contribution in [2.24, 2.45) is 5.92 Å². The average molecular weight is 250 g/mol. The third-order valence-corrected chi connectivity index (χ3v) is 3.54. The molecule has 1 aromatic rings. The van der Waals surface area contributed by atoms with Crippen molar-refractivity contribution >= 4 is 17.8 Å². The molecule has 0 bridgehead atoms. The van der Waals surface area contributed by atoms with Crippen LogP contribution < -0.4 is 4.90 Å². The van der Waals surface area contributed by atoms with Gasteiger partial charge >= 0.3 is 6.03 Å². The number of nitrogens with one attached hydrogen (secondary N) is 1. The summed E-state index contributed by atoms with van der Waals surface area (Å²) < 4.78 is 0. The molecule has 3 amide bonds. The molecule has 1 aromatic heterocycles. The zero-order valence-electron chi connectivity index (χ0n) is 10.9. The predicted molar refractivity (Wildman–Crippen MR) is 67.1 cm³/mol. The Kier molecular flexibility index (Phi) is 3.36. The van der Waals surface area contributed by atoms with E-state index in [1.54, 1.807) is 24.2 Å². The molecule has 0 aliphatic carbocycles. The van der Waals surface area contributed by atoms with Crippen LogP contribution in [0.15, 0.2) is 12.3 Å². The minimum absolute atomic E-state index is 0.0693. The Bertz CT molecular complexity index is 443. The molecule has 0 saturated carbocycles. The van der Waals surface area contributed by atoms with Gasteiger partial charge < -0.3 is 4.90 Å². The van der Waals surface area contributed by atoms with Crippen molar-refractivity contribution < 1.29 is 9.59 Å². The van der Waals surface area contributed by atoms with Crippen molar-refractivity contribution in [3.05, 3.63) is 12.3 Å². The van der Waals surface area contributed by atoms with Crippen molar-refractivity contribution in [1.29, 1.82) is 0 Å². The van der Waals surface area contributed by atoms with Crippen LogP contribution in [-0.2, 0) is 4.79 Å². The van der Waals surface area contributed by atoms with E-state index >= 15 is 0 Å². The van der Waals surface area contributed by atoms with Crippen molar-refractivity contribution in [2.75, 3.05) is 11.9 Å². The smallest absolute Gasteiger partial charge is 0.323 e. The molecule has 2 unspecified atom stereocenters. The summed E-state index contributed by atoms with van der Waals surface area (Å²) in [5.41, 5.74) is 0. The highest BCUT2D eigenvalue weighted by Crippen LogP contribution is 2.28. The zero-order chi connectivity index (χ0) is 13.3. The van der Waals surface area contributed by atoms with E-state index in [9.17, 15) is 9.59 Å². The summed E-state index contributed by atoms with van der Waals surface area (Å²) in [6, 6.07) is 1.25. The fourth-order valence-electron chi connectivity index (χ4n) is 2.33. The largest absolute Gasteiger partial charge is 0.332 e. The van der Waals surface area contributed by atoms with Gasteiger partial charge in [-0.2, -0.15) is 5.10 Å². The fourth-order valence-corrected chi connectivity index (χ4v) is 2.33. The van der Waals surface area contributed by atoms with Gasteiger partial charge in [0.25, 0.3) is 0 Å². The van der Waals surface area contributed by atoms with Crippen molar-refractivity contribution in [2.45, 2.75) is 32.7 Å². The van der Waals surface area contributed by atoms with Gasteiger partial charge in [0, 0.05) is 25.4 Å². The summed E-state index contributed by atoms with van der Waals surface area (Å²) in [6.07, 6.45) is 3.29. The summed E-state index contributed by atoms with van der Waals surface area (Å²) in [5.74, 6) is 0.0544. The zero-order valence-corrected chi connectivity index (χ0v) is 10.9. The van der Waals surface area contributed by atoms with Gasteiger partial charge in [-0.1, -0.05) is 13.3 Å². The number of anilines is 1. The summed E-state index contributed by atoms with van der Waals surface area (Å²) in [5, 5.41) is 6.55. The molecule has 2 rings (SSSR count). The second-order valence-electron chi connectivity index (χ2n) is 4.64. The maximum Gasteiger partial charge on any atom is 0.332 e. The number of carbonyl (C=O) groups is 2. The SMILES string of the molecule is CCCC1C(=O)N(c2cc[nH]n2)C(=O)N(C)C1C. The van der Waals surface area contributed by atoms with Gasteiger partial charge in [0.05, 0.1) is 5.92 Å². The molecule has 0 spiro atoms. The molecule has 0 radical (unpaired) electrons. The number of hydrogen-bond donors (Lipinski definition) is 1. The summed E-state index contributed by atoms with van der Waals surface area (Å²) >= 11 is 0. The van der Waals surface area contributed by atoms with E-state index in [1.807, 2.05) is 13.8 Å². The van der Waals surface area contributed by atoms with Crippen LogP contribution in [0.1, 0.15) is 26.7 Å². The molecular formula is C12H18N4O2. The van der Waals surface area contributed by atoms with Crippen molar-refractivity contribution in [3.8, 4) is 0 Å². The number of hydrogen-bond acceptors (Lipinski definition) is 3. The number of aromatic amines is 1. The first kappa shape index (κ1) is 12.6. The van der Waals surface area contributed by atoms with Gasteiger partial charge in [-0.15, -0.1) is 0 Å². The Balaban J connectivity index is 2.34. The first-order chi connectivity index (χ1) is 8.57. The first-order valence-electron chi connectivity index (χ1n) is 6.18. The monoisotopic (exact) mass is 250 g/mol. The highest BCUT2D eigenvalue weighted by Gasteiger charge is 2.43. The Morgan fingerprint density at radius 1 is 1.44 bits per heavy atom. The highest BCUT2D eigenvalue weighted by molar-refractivity contribution is 6.16.